The maximum atomic E-state index is 4.92. The molecule has 2 aromatic heterocycles. The average molecular weight is 331 g/mol. The van der Waals surface area contributed by atoms with Crippen molar-refractivity contribution in [3.63, 3.8) is 0 Å². The summed E-state index contributed by atoms with van der Waals surface area (Å²) in [6.45, 7) is 10.1. The van der Waals surface area contributed by atoms with Crippen molar-refractivity contribution >= 4 is 11.3 Å². The molecule has 1 fully saturated rings. The third-order valence-corrected chi connectivity index (χ3v) is 5.38. The molecule has 23 heavy (non-hydrogen) atoms. The maximum Gasteiger partial charge on any atom is 0.100 e. The summed E-state index contributed by atoms with van der Waals surface area (Å²) in [5, 5.41) is 1.19. The van der Waals surface area contributed by atoms with E-state index < -0.39 is 0 Å². The van der Waals surface area contributed by atoms with Crippen LogP contribution in [0.15, 0.2) is 18.6 Å². The highest BCUT2D eigenvalue weighted by Crippen LogP contribution is 2.33. The summed E-state index contributed by atoms with van der Waals surface area (Å²) in [6, 6.07) is 0.958. The summed E-state index contributed by atoms with van der Waals surface area (Å²) in [5.74, 6) is 0.629. The Bertz CT molecular complexity index is 650. The van der Waals surface area contributed by atoms with Crippen LogP contribution in [-0.2, 0) is 6.42 Å². The fourth-order valence-corrected chi connectivity index (χ4v) is 4.34. The number of likely N-dealkylation sites (tertiary alicyclic amines) is 1. The molecule has 0 radical (unpaired) electrons. The Labute approximate surface area is 143 Å². The smallest absolute Gasteiger partial charge is 0.100 e. The van der Waals surface area contributed by atoms with E-state index in [2.05, 4.69) is 42.6 Å². The summed E-state index contributed by atoms with van der Waals surface area (Å²) in [6.07, 6.45) is 9.20. The summed E-state index contributed by atoms with van der Waals surface area (Å²) < 4.78 is 0. The first-order valence-corrected chi connectivity index (χ1v) is 9.39. The van der Waals surface area contributed by atoms with Crippen molar-refractivity contribution in [2.75, 3.05) is 6.54 Å². The molecule has 1 unspecified atom stereocenters. The summed E-state index contributed by atoms with van der Waals surface area (Å²) >= 11 is 1.75. The topological polar surface area (TPSA) is 41.9 Å². The number of hydrogen-bond donors (Lipinski definition) is 0. The number of aromatic nitrogens is 3. The van der Waals surface area contributed by atoms with Gasteiger partial charge in [-0.15, -0.1) is 11.3 Å². The lowest BCUT2D eigenvalue weighted by Crippen LogP contribution is -2.30. The van der Waals surface area contributed by atoms with E-state index in [1.165, 1.54) is 17.8 Å². The molecule has 1 atom stereocenters. The fourth-order valence-electron chi connectivity index (χ4n) is 3.26. The van der Waals surface area contributed by atoms with E-state index in [-0.39, 0.29) is 0 Å². The molecular formula is C18H26N4S. The van der Waals surface area contributed by atoms with Gasteiger partial charge in [0.25, 0.3) is 0 Å². The minimum atomic E-state index is 0.408. The fraction of sp³-hybridized carbons (Fsp3) is 0.611. The van der Waals surface area contributed by atoms with Gasteiger partial charge < -0.3 is 0 Å². The van der Waals surface area contributed by atoms with Crippen LogP contribution < -0.4 is 0 Å². The van der Waals surface area contributed by atoms with E-state index in [0.717, 1.165) is 29.2 Å². The maximum absolute atomic E-state index is 4.92. The van der Waals surface area contributed by atoms with Gasteiger partial charge in [0.15, 0.2) is 0 Å². The van der Waals surface area contributed by atoms with Gasteiger partial charge in [-0.05, 0) is 39.2 Å². The van der Waals surface area contributed by atoms with E-state index in [4.69, 9.17) is 4.98 Å². The van der Waals surface area contributed by atoms with Crippen LogP contribution >= 0.6 is 11.3 Å². The largest absolute Gasteiger partial charge is 0.292 e. The molecule has 0 bridgehead atoms. The van der Waals surface area contributed by atoms with Gasteiger partial charge in [-0.25, -0.2) is 9.97 Å². The van der Waals surface area contributed by atoms with E-state index >= 15 is 0 Å². The van der Waals surface area contributed by atoms with Crippen molar-refractivity contribution in [1.29, 1.82) is 0 Å². The van der Waals surface area contributed by atoms with Crippen molar-refractivity contribution < 1.29 is 0 Å². The van der Waals surface area contributed by atoms with Crippen LogP contribution in [0.1, 0.15) is 57.3 Å². The molecule has 5 heteroatoms. The second kappa shape index (κ2) is 7.05. The molecule has 0 aliphatic carbocycles. The molecule has 124 valence electrons. The number of nitrogens with zero attached hydrogens (tertiary/aromatic N) is 4. The second-order valence-electron chi connectivity index (χ2n) is 7.04. The molecular weight excluding hydrogens is 304 g/mol. The Morgan fingerprint density at radius 1 is 1.22 bits per heavy atom. The molecule has 3 rings (SSSR count). The molecule has 2 aromatic rings. The standard InChI is InChI=1S/C18H26N4S/c1-12(2)8-18-20-11-17(23-18)15-10-19-9-14(21-15)16-6-5-7-22(16)13(3)4/h9-13,16H,5-8H2,1-4H3. The Kier molecular flexibility index (Phi) is 5.07. The highest BCUT2D eigenvalue weighted by atomic mass is 32.1. The van der Waals surface area contributed by atoms with Gasteiger partial charge in [0, 0.05) is 18.7 Å². The lowest BCUT2D eigenvalue weighted by molar-refractivity contribution is 0.202. The molecule has 1 aliphatic rings. The third-order valence-electron chi connectivity index (χ3n) is 4.34. The highest BCUT2D eigenvalue weighted by Gasteiger charge is 2.29. The molecule has 1 saturated heterocycles. The summed E-state index contributed by atoms with van der Waals surface area (Å²) in [5.41, 5.74) is 2.07. The quantitative estimate of drug-likeness (QED) is 0.817. The Balaban J connectivity index is 1.84. The van der Waals surface area contributed by atoms with E-state index in [9.17, 15) is 0 Å². The van der Waals surface area contributed by atoms with Crippen molar-refractivity contribution in [3.05, 3.63) is 29.3 Å². The summed E-state index contributed by atoms with van der Waals surface area (Å²) in [4.78, 5) is 17.6. The lowest BCUT2D eigenvalue weighted by Gasteiger charge is -2.27. The van der Waals surface area contributed by atoms with Crippen molar-refractivity contribution in [2.24, 2.45) is 5.92 Å². The Hall–Kier alpha value is -1.33. The van der Waals surface area contributed by atoms with Gasteiger partial charge in [0.2, 0.25) is 0 Å². The molecule has 4 nitrogen and oxygen atoms in total. The van der Waals surface area contributed by atoms with E-state index in [1.807, 2.05) is 18.6 Å². The van der Waals surface area contributed by atoms with Gasteiger partial charge in [-0.3, -0.25) is 9.88 Å². The Morgan fingerprint density at radius 3 is 2.78 bits per heavy atom. The normalized spacial score (nSPS) is 19.1. The van der Waals surface area contributed by atoms with Crippen LogP contribution in [0.2, 0.25) is 0 Å². The molecule has 0 spiro atoms. The highest BCUT2D eigenvalue weighted by molar-refractivity contribution is 7.15. The first kappa shape index (κ1) is 16.5. The zero-order valence-corrected chi connectivity index (χ0v) is 15.3. The van der Waals surface area contributed by atoms with Gasteiger partial charge in [-0.1, -0.05) is 13.8 Å². The third kappa shape index (κ3) is 3.78. The molecule has 1 aliphatic heterocycles. The second-order valence-corrected chi connectivity index (χ2v) is 8.15. The molecule has 0 N–H and O–H groups in total. The van der Waals surface area contributed by atoms with Gasteiger partial charge in [0.1, 0.15) is 5.69 Å². The molecule has 0 amide bonds. The first-order chi connectivity index (χ1) is 11.0. The molecule has 0 aromatic carbocycles. The van der Waals surface area contributed by atoms with Crippen molar-refractivity contribution in [2.45, 2.75) is 59.0 Å². The van der Waals surface area contributed by atoms with E-state index in [0.29, 0.717) is 18.0 Å². The SMILES string of the molecule is CC(C)Cc1ncc(-c2cncc(C3CCCN3C(C)C)n2)s1. The van der Waals surface area contributed by atoms with E-state index in [1.54, 1.807) is 11.3 Å². The zero-order chi connectivity index (χ0) is 16.4. The van der Waals surface area contributed by atoms with Crippen LogP contribution in [0.3, 0.4) is 0 Å². The number of rotatable bonds is 5. The van der Waals surface area contributed by atoms with Crippen molar-refractivity contribution in [3.8, 4) is 10.6 Å². The predicted octanol–water partition coefficient (Wildman–Crippen LogP) is 4.34. The molecule has 0 saturated carbocycles. The predicted molar refractivity (Wildman–Crippen MR) is 95.5 cm³/mol. The molecule has 3 heterocycles. The number of hydrogen-bond acceptors (Lipinski definition) is 5. The minimum Gasteiger partial charge on any atom is -0.292 e. The van der Waals surface area contributed by atoms with Crippen LogP contribution in [0.25, 0.3) is 10.6 Å². The van der Waals surface area contributed by atoms with Crippen LogP contribution in [0.4, 0.5) is 0 Å². The first-order valence-electron chi connectivity index (χ1n) is 8.57. The monoisotopic (exact) mass is 330 g/mol. The van der Waals surface area contributed by atoms with Crippen LogP contribution in [0, 0.1) is 5.92 Å². The average Bonchev–Trinajstić information content (AvgIpc) is 3.15. The van der Waals surface area contributed by atoms with Crippen LogP contribution in [-0.4, -0.2) is 32.4 Å². The van der Waals surface area contributed by atoms with Gasteiger partial charge in [-0.2, -0.15) is 0 Å². The van der Waals surface area contributed by atoms with Crippen molar-refractivity contribution in [1.82, 2.24) is 19.9 Å². The lowest BCUT2D eigenvalue weighted by atomic mass is 10.1. The number of thiazole rings is 1. The minimum absolute atomic E-state index is 0.408. The summed E-state index contributed by atoms with van der Waals surface area (Å²) in [7, 11) is 0. The van der Waals surface area contributed by atoms with Crippen LogP contribution in [0.5, 0.6) is 0 Å². The van der Waals surface area contributed by atoms with Gasteiger partial charge >= 0.3 is 0 Å². The Morgan fingerprint density at radius 2 is 2.04 bits per heavy atom. The zero-order valence-electron chi connectivity index (χ0n) is 14.5. The van der Waals surface area contributed by atoms with Gasteiger partial charge in [0.05, 0.1) is 34.0 Å².